The first-order valence-electron chi connectivity index (χ1n) is 9.30. The van der Waals surface area contributed by atoms with Crippen LogP contribution in [0.15, 0.2) is 48.8 Å². The zero-order valence-electron chi connectivity index (χ0n) is 16.6. The first-order valence-corrected chi connectivity index (χ1v) is 10.7. The maximum absolute atomic E-state index is 12.2. The number of anilines is 2. The van der Waals surface area contributed by atoms with E-state index >= 15 is 0 Å². The number of benzene rings is 1. The van der Waals surface area contributed by atoms with Gasteiger partial charge in [0.05, 0.1) is 17.6 Å². The number of hydrogen-bond donors (Lipinski definition) is 1. The lowest BCUT2D eigenvalue weighted by Gasteiger charge is -2.35. The third kappa shape index (κ3) is 5.30. The molecule has 1 aliphatic rings. The largest absolute Gasteiger partial charge is 0.296 e. The Hall–Kier alpha value is -2.53. The minimum atomic E-state index is -3.37. The number of rotatable bonds is 8. The number of piperazine rings is 1. The molecule has 10 heteroatoms. The van der Waals surface area contributed by atoms with Crippen molar-refractivity contribution in [3.8, 4) is 0 Å². The fourth-order valence-corrected chi connectivity index (χ4v) is 4.22. The lowest BCUT2D eigenvalue weighted by atomic mass is 10.1. The number of hydrogen-bond acceptors (Lipinski definition) is 6. The van der Waals surface area contributed by atoms with Crippen molar-refractivity contribution in [2.75, 3.05) is 50.7 Å². The highest BCUT2D eigenvalue weighted by molar-refractivity contribution is 7.86. The molecule has 3 rings (SSSR count). The molecule has 1 saturated heterocycles. The molecule has 2 aromatic rings. The van der Waals surface area contributed by atoms with Crippen LogP contribution in [0.3, 0.4) is 0 Å². The van der Waals surface area contributed by atoms with E-state index < -0.39 is 10.2 Å². The van der Waals surface area contributed by atoms with Gasteiger partial charge in [-0.3, -0.25) is 20.1 Å². The van der Waals surface area contributed by atoms with Crippen molar-refractivity contribution in [3.05, 3.63) is 54.4 Å². The first kappa shape index (κ1) is 21.2. The van der Waals surface area contributed by atoms with Gasteiger partial charge >= 0.3 is 0 Å². The predicted molar refractivity (Wildman–Crippen MR) is 112 cm³/mol. The number of hydrazine groups is 1. The van der Waals surface area contributed by atoms with E-state index in [1.807, 2.05) is 30.3 Å². The van der Waals surface area contributed by atoms with Crippen LogP contribution in [0.5, 0.6) is 0 Å². The summed E-state index contributed by atoms with van der Waals surface area (Å²) >= 11 is 0. The molecule has 0 saturated carbocycles. The second-order valence-electron chi connectivity index (χ2n) is 6.96. The van der Waals surface area contributed by atoms with Crippen LogP contribution in [0.25, 0.3) is 0 Å². The molecule has 1 aliphatic heterocycles. The van der Waals surface area contributed by atoms with Crippen LogP contribution >= 0.6 is 0 Å². The van der Waals surface area contributed by atoms with E-state index in [9.17, 15) is 13.2 Å². The Balaban J connectivity index is 1.62. The van der Waals surface area contributed by atoms with Gasteiger partial charge in [-0.15, -0.1) is 0 Å². The number of nitrogens with zero attached hydrogens (tertiary/aromatic N) is 5. The van der Waals surface area contributed by atoms with Gasteiger partial charge in [-0.25, -0.2) is 5.01 Å². The fraction of sp³-hybridized carbons (Fsp3) is 0.368. The summed E-state index contributed by atoms with van der Waals surface area (Å²) in [6, 6.07) is 11.3. The Labute approximate surface area is 171 Å². The fourth-order valence-electron chi connectivity index (χ4n) is 3.13. The summed E-state index contributed by atoms with van der Waals surface area (Å²) in [5, 5.41) is 1.40. The molecule has 0 unspecified atom stereocenters. The highest BCUT2D eigenvalue weighted by Gasteiger charge is 2.28. The van der Waals surface area contributed by atoms with Crippen molar-refractivity contribution in [2.24, 2.45) is 0 Å². The molecule has 29 heavy (non-hydrogen) atoms. The maximum atomic E-state index is 12.2. The number of nitrogens with one attached hydrogen (secondary N) is 1. The van der Waals surface area contributed by atoms with Crippen LogP contribution in [-0.2, 0) is 21.5 Å². The zero-order chi connectivity index (χ0) is 20.9. The molecular weight excluding hydrogens is 392 g/mol. The Morgan fingerprint density at radius 1 is 1.14 bits per heavy atom. The molecular formula is C19H26N6O3S. The summed E-state index contributed by atoms with van der Waals surface area (Å²) in [5.41, 5.74) is 5.50. The van der Waals surface area contributed by atoms with Crippen molar-refractivity contribution >= 4 is 28.0 Å². The van der Waals surface area contributed by atoms with Gasteiger partial charge in [-0.1, -0.05) is 12.1 Å². The molecule has 2 heterocycles. The molecule has 0 bridgehead atoms. The maximum Gasteiger partial charge on any atom is 0.281 e. The van der Waals surface area contributed by atoms with E-state index in [-0.39, 0.29) is 0 Å². The van der Waals surface area contributed by atoms with Crippen molar-refractivity contribution in [1.82, 2.24) is 18.5 Å². The third-order valence-corrected chi connectivity index (χ3v) is 6.67. The highest BCUT2D eigenvalue weighted by atomic mass is 32.2. The molecule has 0 radical (unpaired) electrons. The minimum absolute atomic E-state index is 0.462. The third-order valence-electron chi connectivity index (χ3n) is 4.73. The summed E-state index contributed by atoms with van der Waals surface area (Å²) in [6.45, 7) is 2.92. The number of carbonyl (C=O) groups is 1. The number of amides is 1. The Bertz CT molecular complexity index is 915. The van der Waals surface area contributed by atoms with E-state index in [0.717, 1.165) is 17.7 Å². The Morgan fingerprint density at radius 2 is 1.90 bits per heavy atom. The van der Waals surface area contributed by atoms with Crippen LogP contribution in [0.1, 0.15) is 5.56 Å². The van der Waals surface area contributed by atoms with Crippen LogP contribution in [-0.4, -0.2) is 73.6 Å². The molecule has 1 amide bonds. The van der Waals surface area contributed by atoms with Gasteiger partial charge in [0.25, 0.3) is 10.2 Å². The van der Waals surface area contributed by atoms with Gasteiger partial charge in [0.1, 0.15) is 0 Å². The van der Waals surface area contributed by atoms with E-state index in [1.165, 1.54) is 13.6 Å². The number of carbonyl (C=O) groups excluding carboxylic acids is 1. The van der Waals surface area contributed by atoms with Crippen molar-refractivity contribution in [1.29, 1.82) is 0 Å². The Morgan fingerprint density at radius 3 is 2.52 bits per heavy atom. The van der Waals surface area contributed by atoms with Gasteiger partial charge in [-0.05, 0) is 29.8 Å². The lowest BCUT2D eigenvalue weighted by molar-refractivity contribution is -0.107. The van der Waals surface area contributed by atoms with Crippen molar-refractivity contribution in [2.45, 2.75) is 6.54 Å². The summed E-state index contributed by atoms with van der Waals surface area (Å²) in [7, 11) is -0.272. The molecule has 0 spiro atoms. The zero-order valence-corrected chi connectivity index (χ0v) is 17.4. The van der Waals surface area contributed by atoms with E-state index in [1.54, 1.807) is 32.6 Å². The van der Waals surface area contributed by atoms with Crippen LogP contribution in [0.2, 0.25) is 0 Å². The molecule has 1 N–H and O–H groups in total. The molecule has 156 valence electrons. The van der Waals surface area contributed by atoms with Crippen molar-refractivity contribution < 1.29 is 13.2 Å². The minimum Gasteiger partial charge on any atom is -0.296 e. The second-order valence-corrected chi connectivity index (χ2v) is 9.11. The topological polar surface area (TPSA) is 89.1 Å². The van der Waals surface area contributed by atoms with Gasteiger partial charge in [-0.2, -0.15) is 17.0 Å². The van der Waals surface area contributed by atoms with Crippen LogP contribution in [0.4, 0.5) is 11.4 Å². The molecule has 1 fully saturated rings. The molecule has 0 atom stereocenters. The predicted octanol–water partition coefficient (Wildman–Crippen LogP) is 0.996. The van der Waals surface area contributed by atoms with E-state index in [4.69, 9.17) is 0 Å². The standard InChI is InChI=1S/C19H26N6O3S/c1-22(2)29(27,28)24-11-9-23(10-12-24)15-17-5-3-7-19(13-17)25(16-26)21-18-6-4-8-20-14-18/h3-8,13-14,16,21H,9-12,15H2,1-2H3. The van der Waals surface area contributed by atoms with E-state index in [0.29, 0.717) is 38.4 Å². The quantitative estimate of drug-likeness (QED) is 0.508. The van der Waals surface area contributed by atoms with Gasteiger partial charge < -0.3 is 0 Å². The molecule has 1 aromatic carbocycles. The summed E-state index contributed by atoms with van der Waals surface area (Å²) < 4.78 is 27.2. The summed E-state index contributed by atoms with van der Waals surface area (Å²) in [6.07, 6.45) is 4.03. The number of aromatic nitrogens is 1. The SMILES string of the molecule is CN(C)S(=O)(=O)N1CCN(Cc2cccc(N(C=O)Nc3cccnc3)c2)CC1. The van der Waals surface area contributed by atoms with Gasteiger partial charge in [0.15, 0.2) is 0 Å². The molecule has 0 aliphatic carbocycles. The average Bonchev–Trinajstić information content (AvgIpc) is 2.73. The van der Waals surface area contributed by atoms with Crippen LogP contribution < -0.4 is 10.4 Å². The summed E-state index contributed by atoms with van der Waals surface area (Å²) in [5.74, 6) is 0. The van der Waals surface area contributed by atoms with E-state index in [2.05, 4.69) is 15.3 Å². The van der Waals surface area contributed by atoms with Gasteiger partial charge in [0, 0.05) is 53.0 Å². The highest BCUT2D eigenvalue weighted by Crippen LogP contribution is 2.19. The molecule has 1 aromatic heterocycles. The van der Waals surface area contributed by atoms with Gasteiger partial charge in [0.2, 0.25) is 6.41 Å². The van der Waals surface area contributed by atoms with Crippen LogP contribution in [0, 0.1) is 0 Å². The monoisotopic (exact) mass is 418 g/mol. The Kier molecular flexibility index (Phi) is 6.80. The summed E-state index contributed by atoms with van der Waals surface area (Å²) in [4.78, 5) is 17.8. The first-order chi connectivity index (χ1) is 13.9. The molecule has 9 nitrogen and oxygen atoms in total. The lowest BCUT2D eigenvalue weighted by Crippen LogP contribution is -2.51. The smallest absolute Gasteiger partial charge is 0.281 e. The van der Waals surface area contributed by atoms with Crippen molar-refractivity contribution in [3.63, 3.8) is 0 Å². The normalized spacial score (nSPS) is 16.0. The second kappa shape index (κ2) is 9.31. The number of pyridine rings is 1. The average molecular weight is 419 g/mol.